The zero-order valence-electron chi connectivity index (χ0n) is 9.04. The van der Waals surface area contributed by atoms with Crippen LogP contribution in [0.25, 0.3) is 0 Å². The van der Waals surface area contributed by atoms with Crippen molar-refractivity contribution in [1.29, 1.82) is 0 Å². The highest BCUT2D eigenvalue weighted by molar-refractivity contribution is 5.77. The van der Waals surface area contributed by atoms with Crippen molar-refractivity contribution >= 4 is 5.91 Å². The molecule has 0 aliphatic heterocycles. The van der Waals surface area contributed by atoms with Crippen molar-refractivity contribution in [2.75, 3.05) is 19.6 Å². The first kappa shape index (κ1) is 11.6. The van der Waals surface area contributed by atoms with Gasteiger partial charge in [0.15, 0.2) is 5.82 Å². The van der Waals surface area contributed by atoms with E-state index >= 15 is 0 Å². The van der Waals surface area contributed by atoms with E-state index in [0.717, 1.165) is 0 Å². The molecule has 0 aliphatic rings. The average Bonchev–Trinajstić information content (AvgIpc) is 2.60. The minimum Gasteiger partial charge on any atom is -0.355 e. The highest BCUT2D eigenvalue weighted by Crippen LogP contribution is 1.95. The van der Waals surface area contributed by atoms with E-state index in [9.17, 15) is 4.79 Å². The molecule has 0 aromatic carbocycles. The molecule has 2 N–H and O–H groups in total. The van der Waals surface area contributed by atoms with Crippen molar-refractivity contribution in [3.8, 4) is 0 Å². The molecule has 1 rings (SSSR count). The lowest BCUT2D eigenvalue weighted by Crippen LogP contribution is -2.34. The SMILES string of the molecule is CCNC(=O)CNCCc1nc(C)no1. The van der Waals surface area contributed by atoms with Gasteiger partial charge in [0.25, 0.3) is 0 Å². The monoisotopic (exact) mass is 212 g/mol. The summed E-state index contributed by atoms with van der Waals surface area (Å²) in [5.74, 6) is 1.23. The van der Waals surface area contributed by atoms with Crippen LogP contribution in [0.1, 0.15) is 18.6 Å². The van der Waals surface area contributed by atoms with Gasteiger partial charge in [0.05, 0.1) is 6.54 Å². The van der Waals surface area contributed by atoms with Crippen LogP contribution in [0, 0.1) is 6.92 Å². The second kappa shape index (κ2) is 6.13. The minimum absolute atomic E-state index is 0.000732. The van der Waals surface area contributed by atoms with Crippen molar-refractivity contribution in [1.82, 2.24) is 20.8 Å². The van der Waals surface area contributed by atoms with Gasteiger partial charge >= 0.3 is 0 Å². The van der Waals surface area contributed by atoms with Crippen LogP contribution in [0.15, 0.2) is 4.52 Å². The third-order valence-corrected chi connectivity index (χ3v) is 1.74. The van der Waals surface area contributed by atoms with Gasteiger partial charge in [-0.15, -0.1) is 0 Å². The van der Waals surface area contributed by atoms with Gasteiger partial charge in [0, 0.05) is 19.5 Å². The summed E-state index contributed by atoms with van der Waals surface area (Å²) >= 11 is 0. The Bertz CT molecular complexity index is 311. The topological polar surface area (TPSA) is 80.0 Å². The second-order valence-corrected chi connectivity index (χ2v) is 3.12. The van der Waals surface area contributed by atoms with Gasteiger partial charge < -0.3 is 15.2 Å². The number of aromatic nitrogens is 2. The number of rotatable bonds is 6. The van der Waals surface area contributed by atoms with Crippen LogP contribution in [0.3, 0.4) is 0 Å². The molecule has 6 heteroatoms. The zero-order chi connectivity index (χ0) is 11.1. The Balaban J connectivity index is 2.09. The Morgan fingerprint density at radius 1 is 1.53 bits per heavy atom. The summed E-state index contributed by atoms with van der Waals surface area (Å²) in [6, 6.07) is 0. The van der Waals surface area contributed by atoms with Crippen LogP contribution >= 0.6 is 0 Å². The smallest absolute Gasteiger partial charge is 0.233 e. The van der Waals surface area contributed by atoms with Crippen molar-refractivity contribution in [3.05, 3.63) is 11.7 Å². The van der Waals surface area contributed by atoms with E-state index in [4.69, 9.17) is 4.52 Å². The van der Waals surface area contributed by atoms with Gasteiger partial charge in [-0.3, -0.25) is 4.79 Å². The molecule has 0 saturated carbocycles. The number of likely N-dealkylation sites (N-methyl/N-ethyl adjacent to an activating group) is 1. The van der Waals surface area contributed by atoms with Crippen molar-refractivity contribution in [3.63, 3.8) is 0 Å². The van der Waals surface area contributed by atoms with E-state index < -0.39 is 0 Å². The fourth-order valence-corrected chi connectivity index (χ4v) is 1.10. The number of amides is 1. The van der Waals surface area contributed by atoms with Crippen LogP contribution in [0.5, 0.6) is 0 Å². The number of nitrogens with one attached hydrogen (secondary N) is 2. The van der Waals surface area contributed by atoms with Crippen LogP contribution < -0.4 is 10.6 Å². The quantitative estimate of drug-likeness (QED) is 0.630. The van der Waals surface area contributed by atoms with E-state index in [1.54, 1.807) is 6.92 Å². The molecule has 0 spiro atoms. The van der Waals surface area contributed by atoms with Crippen LogP contribution in [-0.4, -0.2) is 35.7 Å². The van der Waals surface area contributed by atoms with Gasteiger partial charge in [-0.1, -0.05) is 5.16 Å². The standard InChI is InChI=1S/C9H16N4O2/c1-3-11-8(14)6-10-5-4-9-12-7(2)13-15-9/h10H,3-6H2,1-2H3,(H,11,14). The molecule has 0 radical (unpaired) electrons. The molecular weight excluding hydrogens is 196 g/mol. The van der Waals surface area contributed by atoms with Gasteiger partial charge in [-0.05, 0) is 13.8 Å². The molecule has 1 heterocycles. The van der Waals surface area contributed by atoms with Crippen LogP contribution in [0.4, 0.5) is 0 Å². The lowest BCUT2D eigenvalue weighted by atomic mass is 10.4. The minimum atomic E-state index is -0.000732. The highest BCUT2D eigenvalue weighted by Gasteiger charge is 2.02. The number of hydrogen-bond donors (Lipinski definition) is 2. The van der Waals surface area contributed by atoms with E-state index in [0.29, 0.717) is 37.8 Å². The maximum atomic E-state index is 11.0. The lowest BCUT2D eigenvalue weighted by Gasteiger charge is -2.02. The molecule has 1 aromatic heterocycles. The molecule has 1 amide bonds. The molecular formula is C9H16N4O2. The van der Waals surface area contributed by atoms with E-state index in [2.05, 4.69) is 20.8 Å². The van der Waals surface area contributed by atoms with Gasteiger partial charge in [-0.25, -0.2) is 0 Å². The first-order valence-electron chi connectivity index (χ1n) is 4.99. The maximum absolute atomic E-state index is 11.0. The molecule has 6 nitrogen and oxygen atoms in total. The molecule has 0 atom stereocenters. The summed E-state index contributed by atoms with van der Waals surface area (Å²) in [5.41, 5.74) is 0. The second-order valence-electron chi connectivity index (χ2n) is 3.12. The summed E-state index contributed by atoms with van der Waals surface area (Å²) < 4.78 is 4.92. The number of hydrogen-bond acceptors (Lipinski definition) is 5. The molecule has 0 bridgehead atoms. The van der Waals surface area contributed by atoms with Gasteiger partial charge in [0.1, 0.15) is 0 Å². The van der Waals surface area contributed by atoms with Gasteiger partial charge in [-0.2, -0.15) is 4.98 Å². The molecule has 1 aromatic rings. The lowest BCUT2D eigenvalue weighted by molar-refractivity contribution is -0.120. The number of carbonyl (C=O) groups excluding carboxylic acids is 1. The van der Waals surface area contributed by atoms with Crippen molar-refractivity contribution in [2.45, 2.75) is 20.3 Å². The number of aryl methyl sites for hydroxylation is 1. The third-order valence-electron chi connectivity index (χ3n) is 1.74. The summed E-state index contributed by atoms with van der Waals surface area (Å²) in [5, 5.41) is 9.35. The molecule has 0 unspecified atom stereocenters. The van der Waals surface area contributed by atoms with E-state index in [1.165, 1.54) is 0 Å². The molecule has 15 heavy (non-hydrogen) atoms. The summed E-state index contributed by atoms with van der Waals surface area (Å²) in [4.78, 5) is 15.1. The fraction of sp³-hybridized carbons (Fsp3) is 0.667. The maximum Gasteiger partial charge on any atom is 0.233 e. The largest absolute Gasteiger partial charge is 0.355 e. The van der Waals surface area contributed by atoms with Crippen LogP contribution in [-0.2, 0) is 11.2 Å². The average molecular weight is 212 g/mol. The highest BCUT2D eigenvalue weighted by atomic mass is 16.5. The summed E-state index contributed by atoms with van der Waals surface area (Å²) in [7, 11) is 0. The number of carbonyl (C=O) groups is 1. The summed E-state index contributed by atoms with van der Waals surface area (Å²) in [6.07, 6.45) is 0.639. The van der Waals surface area contributed by atoms with Crippen molar-refractivity contribution < 1.29 is 9.32 Å². The predicted octanol–water partition coefficient (Wildman–Crippen LogP) is -0.354. The zero-order valence-corrected chi connectivity index (χ0v) is 9.04. The van der Waals surface area contributed by atoms with E-state index in [-0.39, 0.29) is 5.91 Å². The molecule has 0 saturated heterocycles. The Kier molecular flexibility index (Phi) is 4.76. The summed E-state index contributed by atoms with van der Waals surface area (Å²) in [6.45, 7) is 5.29. The molecule has 0 fully saturated rings. The molecule has 0 aliphatic carbocycles. The Labute approximate surface area is 88.4 Å². The Morgan fingerprint density at radius 3 is 2.93 bits per heavy atom. The first-order chi connectivity index (χ1) is 7.22. The predicted molar refractivity (Wildman–Crippen MR) is 54.3 cm³/mol. The van der Waals surface area contributed by atoms with Crippen LogP contribution in [0.2, 0.25) is 0 Å². The first-order valence-corrected chi connectivity index (χ1v) is 4.99. The van der Waals surface area contributed by atoms with E-state index in [1.807, 2.05) is 6.92 Å². The Morgan fingerprint density at radius 2 is 2.33 bits per heavy atom. The normalized spacial score (nSPS) is 10.3. The Hall–Kier alpha value is -1.43. The molecule has 84 valence electrons. The fourth-order valence-electron chi connectivity index (χ4n) is 1.10. The van der Waals surface area contributed by atoms with Crippen molar-refractivity contribution in [2.24, 2.45) is 0 Å². The van der Waals surface area contributed by atoms with Gasteiger partial charge in [0.2, 0.25) is 11.8 Å². The number of nitrogens with zero attached hydrogens (tertiary/aromatic N) is 2. The third kappa shape index (κ3) is 4.55.